The molecule has 0 amide bonds. The molecule has 0 atom stereocenters. The smallest absolute Gasteiger partial charge is 0.335 e. The van der Waals surface area contributed by atoms with Gasteiger partial charge in [0.05, 0.1) is 22.1 Å². The Labute approximate surface area is 139 Å². The van der Waals surface area contributed by atoms with Crippen molar-refractivity contribution in [3.05, 3.63) is 42.1 Å². The van der Waals surface area contributed by atoms with E-state index in [1.54, 1.807) is 12.1 Å². The van der Waals surface area contributed by atoms with Crippen molar-refractivity contribution < 1.29 is 9.90 Å². The van der Waals surface area contributed by atoms with Gasteiger partial charge in [0.25, 0.3) is 0 Å². The quantitative estimate of drug-likeness (QED) is 0.784. The summed E-state index contributed by atoms with van der Waals surface area (Å²) in [5.41, 5.74) is 3.57. The summed E-state index contributed by atoms with van der Waals surface area (Å²) in [4.78, 5) is 18.5. The molecule has 2 fully saturated rings. The van der Waals surface area contributed by atoms with Gasteiger partial charge in [-0.3, -0.25) is 0 Å². The Morgan fingerprint density at radius 3 is 2.75 bits per heavy atom. The Hall–Kier alpha value is -2.56. The van der Waals surface area contributed by atoms with Crippen LogP contribution in [0.15, 0.2) is 36.5 Å². The van der Waals surface area contributed by atoms with Crippen molar-refractivity contribution in [3.8, 4) is 0 Å². The molecule has 0 bridgehead atoms. The summed E-state index contributed by atoms with van der Waals surface area (Å²) in [5, 5.41) is 9.26. The number of carboxylic acid groups (broad SMARTS) is 1. The monoisotopic (exact) mass is 321 g/mol. The van der Waals surface area contributed by atoms with E-state index in [2.05, 4.69) is 15.4 Å². The Morgan fingerprint density at radius 2 is 2.04 bits per heavy atom. The van der Waals surface area contributed by atoms with Crippen LogP contribution in [0, 0.1) is 5.41 Å². The first kappa shape index (κ1) is 13.8. The summed E-state index contributed by atoms with van der Waals surface area (Å²) < 4.78 is 2.12. The molecule has 1 N–H and O–H groups in total. The van der Waals surface area contributed by atoms with E-state index in [9.17, 15) is 9.90 Å². The summed E-state index contributed by atoms with van der Waals surface area (Å²) in [6, 6.07) is 9.29. The first-order valence-electron chi connectivity index (χ1n) is 8.54. The van der Waals surface area contributed by atoms with Crippen molar-refractivity contribution in [1.82, 2.24) is 9.38 Å². The van der Waals surface area contributed by atoms with Gasteiger partial charge in [0.15, 0.2) is 5.82 Å². The Morgan fingerprint density at radius 1 is 1.17 bits per heavy atom. The van der Waals surface area contributed by atoms with Crippen molar-refractivity contribution >= 4 is 28.3 Å². The van der Waals surface area contributed by atoms with E-state index in [0.29, 0.717) is 5.41 Å². The average molecular weight is 321 g/mol. The fraction of sp³-hybridized carbons (Fsp3) is 0.368. The molecule has 5 rings (SSSR count). The lowest BCUT2D eigenvalue weighted by Crippen LogP contribution is -2.33. The summed E-state index contributed by atoms with van der Waals surface area (Å²) >= 11 is 0. The van der Waals surface area contributed by atoms with E-state index in [-0.39, 0.29) is 5.56 Å². The van der Waals surface area contributed by atoms with E-state index in [1.165, 1.54) is 25.7 Å². The summed E-state index contributed by atoms with van der Waals surface area (Å²) in [5.74, 6) is 0.0706. The predicted molar refractivity (Wildman–Crippen MR) is 92.8 cm³/mol. The predicted octanol–water partition coefficient (Wildman–Crippen LogP) is 3.57. The molecule has 2 aliphatic rings. The highest BCUT2D eigenvalue weighted by molar-refractivity contribution is 5.94. The Kier molecular flexibility index (Phi) is 2.72. The second-order valence-corrected chi connectivity index (χ2v) is 7.23. The number of benzene rings is 1. The Balaban J connectivity index is 1.68. The number of aromatic nitrogens is 2. The molecular weight excluding hydrogens is 302 g/mol. The fourth-order valence-electron chi connectivity index (χ4n) is 4.33. The fourth-order valence-corrected chi connectivity index (χ4v) is 4.33. The molecule has 1 saturated heterocycles. The lowest BCUT2D eigenvalue weighted by atomic mass is 9.68. The minimum absolute atomic E-state index is 0.282. The van der Waals surface area contributed by atoms with Crippen LogP contribution in [0.4, 0.5) is 5.82 Å². The third-order valence-electron chi connectivity index (χ3n) is 5.84. The van der Waals surface area contributed by atoms with Gasteiger partial charge in [-0.2, -0.15) is 0 Å². The maximum Gasteiger partial charge on any atom is 0.335 e. The molecule has 2 aromatic heterocycles. The average Bonchev–Trinajstić information content (AvgIpc) is 3.20. The minimum atomic E-state index is -0.914. The molecule has 3 aromatic rings. The number of hydrogen-bond acceptors (Lipinski definition) is 3. The summed E-state index contributed by atoms with van der Waals surface area (Å²) in [6.07, 6.45) is 7.28. The number of carboxylic acids is 1. The van der Waals surface area contributed by atoms with Crippen LogP contribution in [0.3, 0.4) is 0 Å². The van der Waals surface area contributed by atoms with Gasteiger partial charge in [0.1, 0.15) is 0 Å². The first-order valence-corrected chi connectivity index (χ1v) is 8.54. The van der Waals surface area contributed by atoms with Gasteiger partial charge < -0.3 is 14.4 Å². The largest absolute Gasteiger partial charge is 0.478 e. The van der Waals surface area contributed by atoms with Gasteiger partial charge >= 0.3 is 5.97 Å². The van der Waals surface area contributed by atoms with Crippen molar-refractivity contribution in [2.75, 3.05) is 18.0 Å². The third kappa shape index (κ3) is 1.87. The third-order valence-corrected chi connectivity index (χ3v) is 5.84. The SMILES string of the molecule is O=C(O)c1ccc2c(c1)nc(N1CCC3(CCC3)C1)c1cccn12. The zero-order valence-electron chi connectivity index (χ0n) is 13.4. The molecule has 122 valence electrons. The minimum Gasteiger partial charge on any atom is -0.478 e. The molecule has 1 aliphatic carbocycles. The molecule has 24 heavy (non-hydrogen) atoms. The van der Waals surface area contributed by atoms with E-state index in [4.69, 9.17) is 4.98 Å². The van der Waals surface area contributed by atoms with Crippen molar-refractivity contribution in [2.24, 2.45) is 5.41 Å². The first-order chi connectivity index (χ1) is 11.7. The standard InChI is InChI=1S/C19H19N3O2/c23-18(24)13-4-5-15-14(11-13)20-17(16-3-1-9-22(15)16)21-10-8-19(12-21)6-2-7-19/h1,3-5,9,11H,2,6-8,10,12H2,(H,23,24). The molecule has 1 saturated carbocycles. The highest BCUT2D eigenvalue weighted by atomic mass is 16.4. The Bertz CT molecular complexity index is 971. The number of anilines is 1. The van der Waals surface area contributed by atoms with Crippen molar-refractivity contribution in [2.45, 2.75) is 25.7 Å². The van der Waals surface area contributed by atoms with Gasteiger partial charge in [-0.05, 0) is 55.0 Å². The topological polar surface area (TPSA) is 57.8 Å². The van der Waals surface area contributed by atoms with Gasteiger partial charge in [-0.25, -0.2) is 9.78 Å². The molecule has 5 heteroatoms. The van der Waals surface area contributed by atoms with Crippen molar-refractivity contribution in [3.63, 3.8) is 0 Å². The highest BCUT2D eigenvalue weighted by Crippen LogP contribution is 2.49. The number of aromatic carboxylic acids is 1. The van der Waals surface area contributed by atoms with Gasteiger partial charge in [-0.1, -0.05) is 6.42 Å². The second kappa shape index (κ2) is 4.72. The number of hydrogen-bond donors (Lipinski definition) is 1. The van der Waals surface area contributed by atoms with Crippen LogP contribution < -0.4 is 4.90 Å². The molecule has 1 spiro atoms. The van der Waals surface area contributed by atoms with Crippen LogP contribution in [0.5, 0.6) is 0 Å². The van der Waals surface area contributed by atoms with Gasteiger partial charge in [-0.15, -0.1) is 0 Å². The van der Waals surface area contributed by atoms with Crippen LogP contribution >= 0.6 is 0 Å². The molecule has 0 radical (unpaired) electrons. The maximum absolute atomic E-state index is 11.3. The van der Waals surface area contributed by atoms with Gasteiger partial charge in [0, 0.05) is 19.3 Å². The lowest BCUT2D eigenvalue weighted by Gasteiger charge is -2.38. The summed E-state index contributed by atoms with van der Waals surface area (Å²) in [7, 11) is 0. The van der Waals surface area contributed by atoms with E-state index < -0.39 is 5.97 Å². The molecular formula is C19H19N3O2. The molecule has 0 unspecified atom stereocenters. The number of rotatable bonds is 2. The number of carbonyl (C=O) groups is 1. The van der Waals surface area contributed by atoms with Crippen LogP contribution in [-0.2, 0) is 0 Å². The summed E-state index contributed by atoms with van der Waals surface area (Å²) in [6.45, 7) is 2.11. The van der Waals surface area contributed by atoms with Crippen LogP contribution in [0.2, 0.25) is 0 Å². The zero-order chi connectivity index (χ0) is 16.3. The van der Waals surface area contributed by atoms with Crippen LogP contribution in [-0.4, -0.2) is 33.6 Å². The normalized spacial score (nSPS) is 19.2. The molecule has 1 aliphatic heterocycles. The number of fused-ring (bicyclic) bond motifs is 3. The molecule has 3 heterocycles. The lowest BCUT2D eigenvalue weighted by molar-refractivity contribution is 0.0697. The van der Waals surface area contributed by atoms with E-state index in [1.807, 2.05) is 18.3 Å². The van der Waals surface area contributed by atoms with E-state index in [0.717, 1.165) is 35.5 Å². The highest BCUT2D eigenvalue weighted by Gasteiger charge is 2.43. The second-order valence-electron chi connectivity index (χ2n) is 7.23. The van der Waals surface area contributed by atoms with Crippen LogP contribution in [0.1, 0.15) is 36.0 Å². The van der Waals surface area contributed by atoms with Crippen LogP contribution in [0.25, 0.3) is 16.6 Å². The maximum atomic E-state index is 11.3. The van der Waals surface area contributed by atoms with Gasteiger partial charge in [0.2, 0.25) is 0 Å². The molecule has 1 aromatic carbocycles. The molecule has 5 nitrogen and oxygen atoms in total. The van der Waals surface area contributed by atoms with Crippen molar-refractivity contribution in [1.29, 1.82) is 0 Å². The van der Waals surface area contributed by atoms with E-state index >= 15 is 0 Å². The zero-order valence-corrected chi connectivity index (χ0v) is 13.4. The number of nitrogens with zero attached hydrogens (tertiary/aromatic N) is 3.